The lowest BCUT2D eigenvalue weighted by Crippen LogP contribution is -2.10. The summed E-state index contributed by atoms with van der Waals surface area (Å²) in [6.07, 6.45) is 0.733. The van der Waals surface area contributed by atoms with Gasteiger partial charge in [0.05, 0.1) is 0 Å². The summed E-state index contributed by atoms with van der Waals surface area (Å²) in [5.41, 5.74) is 0. The summed E-state index contributed by atoms with van der Waals surface area (Å²) in [4.78, 5) is 0.544. The van der Waals surface area contributed by atoms with Crippen LogP contribution in [0.2, 0.25) is 0 Å². The average molecular weight is 191 g/mol. The van der Waals surface area contributed by atoms with Crippen LogP contribution in [0.5, 0.6) is 0 Å². The highest BCUT2D eigenvalue weighted by molar-refractivity contribution is 9.09. The van der Waals surface area contributed by atoms with Crippen molar-refractivity contribution in [3.8, 4) is 0 Å². The Morgan fingerprint density at radius 3 is 2.11 bits per heavy atom. The Hall–Kier alpha value is 0.410. The van der Waals surface area contributed by atoms with Crippen molar-refractivity contribution in [2.45, 2.75) is 17.4 Å². The molecule has 0 nitrogen and oxygen atoms in total. The second-order valence-corrected chi connectivity index (χ2v) is 4.66. The maximum Gasteiger partial charge on any atom is 0.107 e. The average Bonchev–Trinajstić information content (AvgIpc) is 2.18. The fourth-order valence-electron chi connectivity index (χ4n) is 2.96. The molecule has 4 saturated carbocycles. The van der Waals surface area contributed by atoms with Gasteiger partial charge in [-0.25, -0.2) is 4.39 Å². The highest BCUT2D eigenvalue weighted by atomic mass is 79.9. The Labute approximate surface area is 61.9 Å². The van der Waals surface area contributed by atoms with E-state index in [0.29, 0.717) is 16.7 Å². The van der Waals surface area contributed by atoms with Gasteiger partial charge >= 0.3 is 0 Å². The van der Waals surface area contributed by atoms with E-state index in [-0.39, 0.29) is 0 Å². The maximum atomic E-state index is 13.0. The summed E-state index contributed by atoms with van der Waals surface area (Å²) >= 11 is 3.55. The summed E-state index contributed by atoms with van der Waals surface area (Å²) in [5, 5.41) is 0. The predicted molar refractivity (Wildman–Crippen MR) is 36.2 cm³/mol. The third-order valence-corrected chi connectivity index (χ3v) is 4.68. The Balaban J connectivity index is 2.07. The zero-order valence-electron chi connectivity index (χ0n) is 4.93. The SMILES string of the molecule is FC1C2CC3C1C3C2Br. The number of halogens is 2. The number of rotatable bonds is 0. The van der Waals surface area contributed by atoms with Crippen molar-refractivity contribution in [2.75, 3.05) is 0 Å². The van der Waals surface area contributed by atoms with Gasteiger partial charge in [-0.3, -0.25) is 0 Å². The van der Waals surface area contributed by atoms with Gasteiger partial charge in [-0.15, -0.1) is 0 Å². The van der Waals surface area contributed by atoms with Crippen molar-refractivity contribution >= 4 is 15.9 Å². The summed E-state index contributed by atoms with van der Waals surface area (Å²) in [5.74, 6) is 2.41. The van der Waals surface area contributed by atoms with Gasteiger partial charge in [-0.2, -0.15) is 0 Å². The molecule has 50 valence electrons. The third-order valence-electron chi connectivity index (χ3n) is 3.39. The van der Waals surface area contributed by atoms with Crippen molar-refractivity contribution < 1.29 is 4.39 Å². The summed E-state index contributed by atoms with van der Waals surface area (Å²) in [6.45, 7) is 0. The predicted octanol–water partition coefficient (Wildman–Crippen LogP) is 1.98. The molecule has 4 bridgehead atoms. The Kier molecular flexibility index (Phi) is 0.696. The smallest absolute Gasteiger partial charge is 0.107 e. The van der Waals surface area contributed by atoms with Gasteiger partial charge in [0.15, 0.2) is 0 Å². The van der Waals surface area contributed by atoms with Gasteiger partial charge in [0.25, 0.3) is 0 Å². The first-order valence-corrected chi connectivity index (χ1v) is 4.50. The molecule has 6 atom stereocenters. The molecule has 0 aromatic rings. The van der Waals surface area contributed by atoms with Crippen molar-refractivity contribution in [2.24, 2.45) is 23.7 Å². The molecule has 0 aromatic heterocycles. The molecular formula is C7H8BrF. The zero-order valence-corrected chi connectivity index (χ0v) is 6.51. The molecule has 0 radical (unpaired) electrons. The van der Waals surface area contributed by atoms with Crippen molar-refractivity contribution in [3.63, 3.8) is 0 Å². The Bertz CT molecular complexity index is 150. The monoisotopic (exact) mass is 190 g/mol. The lowest BCUT2D eigenvalue weighted by Gasteiger charge is -2.06. The topological polar surface area (TPSA) is 0 Å². The zero-order chi connectivity index (χ0) is 6.17. The lowest BCUT2D eigenvalue weighted by molar-refractivity contribution is 0.274. The van der Waals surface area contributed by atoms with E-state index in [1.165, 1.54) is 6.42 Å². The quantitative estimate of drug-likeness (QED) is 0.513. The van der Waals surface area contributed by atoms with E-state index in [4.69, 9.17) is 0 Å². The maximum absolute atomic E-state index is 13.0. The molecule has 0 saturated heterocycles. The molecule has 9 heavy (non-hydrogen) atoms. The number of alkyl halides is 2. The van der Waals surface area contributed by atoms with Crippen LogP contribution in [0.1, 0.15) is 6.42 Å². The largest absolute Gasteiger partial charge is 0.247 e. The van der Waals surface area contributed by atoms with Crippen LogP contribution in [0.25, 0.3) is 0 Å². The van der Waals surface area contributed by atoms with Gasteiger partial charge < -0.3 is 0 Å². The van der Waals surface area contributed by atoms with Gasteiger partial charge in [0.2, 0.25) is 0 Å². The molecule has 0 aliphatic heterocycles. The highest BCUT2D eigenvalue weighted by Gasteiger charge is 2.73. The van der Waals surface area contributed by atoms with E-state index in [0.717, 1.165) is 11.8 Å². The Morgan fingerprint density at radius 1 is 1.22 bits per heavy atom. The van der Waals surface area contributed by atoms with E-state index in [1.54, 1.807) is 0 Å². The molecule has 4 fully saturated rings. The van der Waals surface area contributed by atoms with E-state index in [2.05, 4.69) is 15.9 Å². The van der Waals surface area contributed by atoms with Crippen molar-refractivity contribution in [1.29, 1.82) is 0 Å². The second kappa shape index (κ2) is 1.23. The third kappa shape index (κ3) is 0.374. The molecule has 0 amide bonds. The van der Waals surface area contributed by atoms with Crippen LogP contribution in [0.4, 0.5) is 4.39 Å². The molecule has 0 aromatic carbocycles. The molecule has 4 rings (SSSR count). The summed E-state index contributed by atoms with van der Waals surface area (Å²) in [6, 6.07) is 0. The Morgan fingerprint density at radius 2 is 2.00 bits per heavy atom. The number of hydrogen-bond donors (Lipinski definition) is 0. The first-order chi connectivity index (χ1) is 4.30. The summed E-state index contributed by atoms with van der Waals surface area (Å²) in [7, 11) is 0. The normalized spacial score (nSPS) is 75.3. The summed E-state index contributed by atoms with van der Waals surface area (Å²) < 4.78 is 13.0. The highest BCUT2D eigenvalue weighted by Crippen LogP contribution is 2.73. The minimum absolute atomic E-state index is 0.394. The van der Waals surface area contributed by atoms with Crippen LogP contribution >= 0.6 is 15.9 Å². The molecule has 0 spiro atoms. The molecule has 4 aliphatic rings. The fraction of sp³-hybridized carbons (Fsp3) is 1.00. The fourth-order valence-corrected chi connectivity index (χ4v) is 4.21. The first-order valence-electron chi connectivity index (χ1n) is 3.59. The van der Waals surface area contributed by atoms with Crippen LogP contribution in [0.15, 0.2) is 0 Å². The molecule has 0 N–H and O–H groups in total. The molecule has 4 aliphatic carbocycles. The van der Waals surface area contributed by atoms with Gasteiger partial charge in [-0.1, -0.05) is 15.9 Å². The molecule has 0 heterocycles. The van der Waals surface area contributed by atoms with E-state index < -0.39 is 6.17 Å². The van der Waals surface area contributed by atoms with E-state index in [1.807, 2.05) is 0 Å². The van der Waals surface area contributed by atoms with Crippen LogP contribution in [-0.2, 0) is 0 Å². The minimum Gasteiger partial charge on any atom is -0.247 e. The van der Waals surface area contributed by atoms with Crippen molar-refractivity contribution in [1.82, 2.24) is 0 Å². The van der Waals surface area contributed by atoms with E-state index >= 15 is 0 Å². The number of hydrogen-bond acceptors (Lipinski definition) is 0. The van der Waals surface area contributed by atoms with Crippen molar-refractivity contribution in [3.05, 3.63) is 0 Å². The van der Waals surface area contributed by atoms with Gasteiger partial charge in [0, 0.05) is 10.7 Å². The lowest BCUT2D eigenvalue weighted by atomic mass is 10.1. The van der Waals surface area contributed by atoms with Gasteiger partial charge in [0.1, 0.15) is 6.17 Å². The standard InChI is InChI=1S/C7H8BrF/c8-6-3-1-2-4(6)5(2)7(3)9/h2-7H,1H2. The van der Waals surface area contributed by atoms with Crippen LogP contribution < -0.4 is 0 Å². The molecule has 2 heteroatoms. The molecular weight excluding hydrogens is 183 g/mol. The van der Waals surface area contributed by atoms with Crippen LogP contribution in [-0.4, -0.2) is 11.0 Å². The first kappa shape index (κ1) is 5.11. The van der Waals surface area contributed by atoms with Crippen LogP contribution in [0.3, 0.4) is 0 Å². The second-order valence-electron chi connectivity index (χ2n) is 3.61. The molecule has 6 unspecified atom stereocenters. The van der Waals surface area contributed by atoms with Gasteiger partial charge in [-0.05, 0) is 24.2 Å². The van der Waals surface area contributed by atoms with Crippen LogP contribution in [0, 0.1) is 23.7 Å². The van der Waals surface area contributed by atoms with E-state index in [9.17, 15) is 4.39 Å². The minimum atomic E-state index is -0.440.